The molecule has 0 aliphatic carbocycles. The molecular formula is C9H16O5. The summed E-state index contributed by atoms with van der Waals surface area (Å²) in [7, 11) is 0. The smallest absolute Gasteiger partial charge is 0.116 e. The van der Waals surface area contributed by atoms with Gasteiger partial charge in [0.25, 0.3) is 0 Å². The normalized spacial score (nSPS) is 50.8. The minimum absolute atomic E-state index is 0.252. The molecule has 5 heteroatoms. The van der Waals surface area contributed by atoms with Crippen LogP contribution in [0, 0.1) is 0 Å². The van der Waals surface area contributed by atoms with E-state index < -0.39 is 30.0 Å². The molecule has 2 fully saturated rings. The molecule has 5 unspecified atom stereocenters. The van der Waals surface area contributed by atoms with Crippen molar-refractivity contribution in [2.75, 3.05) is 6.61 Å². The molecule has 2 heterocycles. The lowest BCUT2D eigenvalue weighted by molar-refractivity contribution is -0.367. The van der Waals surface area contributed by atoms with Gasteiger partial charge in [0.15, 0.2) is 0 Å². The molecule has 0 saturated carbocycles. The maximum atomic E-state index is 9.64. The van der Waals surface area contributed by atoms with Crippen LogP contribution in [0.2, 0.25) is 0 Å². The molecule has 0 aromatic rings. The summed E-state index contributed by atoms with van der Waals surface area (Å²) in [4.78, 5) is 0. The molecule has 5 nitrogen and oxygen atoms in total. The van der Waals surface area contributed by atoms with E-state index in [9.17, 15) is 10.2 Å². The number of aliphatic hydroxyl groups excluding tert-OH is 3. The Morgan fingerprint density at radius 2 is 1.86 bits per heavy atom. The van der Waals surface area contributed by atoms with Gasteiger partial charge in [-0.3, -0.25) is 0 Å². The highest BCUT2D eigenvalue weighted by atomic mass is 16.6. The Balaban J connectivity index is 2.11. The highest BCUT2D eigenvalue weighted by Crippen LogP contribution is 2.41. The quantitative estimate of drug-likeness (QED) is 0.492. The summed E-state index contributed by atoms with van der Waals surface area (Å²) < 4.78 is 10.8. The van der Waals surface area contributed by atoms with Gasteiger partial charge < -0.3 is 24.8 Å². The second kappa shape index (κ2) is 3.15. The van der Waals surface area contributed by atoms with Crippen molar-refractivity contribution in [1.29, 1.82) is 0 Å². The first-order valence-corrected chi connectivity index (χ1v) is 4.77. The first-order valence-electron chi connectivity index (χ1n) is 4.77. The van der Waals surface area contributed by atoms with Crippen molar-refractivity contribution in [2.45, 2.75) is 50.0 Å². The molecule has 0 aromatic carbocycles. The fraction of sp³-hybridized carbons (Fsp3) is 1.00. The van der Waals surface area contributed by atoms with Crippen LogP contribution < -0.4 is 0 Å². The molecule has 14 heavy (non-hydrogen) atoms. The standard InChI is InChI=1S/C9H16O5/c1-9(2)8-7(14-9)6(12)5(11)4(3-10)13-8/h4-8,10-12H,3H2,1-2H3. The maximum absolute atomic E-state index is 9.64. The summed E-state index contributed by atoms with van der Waals surface area (Å²) in [6.07, 6.45) is -3.48. The van der Waals surface area contributed by atoms with Crippen LogP contribution in [0.1, 0.15) is 13.8 Å². The average Bonchev–Trinajstić information content (AvgIpc) is 2.12. The number of fused-ring (bicyclic) bond motifs is 1. The number of hydrogen-bond acceptors (Lipinski definition) is 5. The van der Waals surface area contributed by atoms with E-state index in [4.69, 9.17) is 14.6 Å². The minimum atomic E-state index is -1.07. The van der Waals surface area contributed by atoms with E-state index in [1.54, 1.807) is 0 Å². The molecule has 5 atom stereocenters. The number of aliphatic hydroxyl groups is 3. The Labute approximate surface area is 82.3 Å². The van der Waals surface area contributed by atoms with E-state index >= 15 is 0 Å². The van der Waals surface area contributed by atoms with Gasteiger partial charge >= 0.3 is 0 Å². The van der Waals surface area contributed by atoms with Gasteiger partial charge in [-0.05, 0) is 13.8 Å². The lowest BCUT2D eigenvalue weighted by Crippen LogP contribution is -2.73. The zero-order valence-electron chi connectivity index (χ0n) is 8.25. The van der Waals surface area contributed by atoms with Gasteiger partial charge in [0, 0.05) is 0 Å². The van der Waals surface area contributed by atoms with Crippen LogP contribution in [0.15, 0.2) is 0 Å². The molecule has 0 radical (unpaired) electrons. The Morgan fingerprint density at radius 3 is 2.36 bits per heavy atom. The number of hydrogen-bond donors (Lipinski definition) is 3. The summed E-state index contributed by atoms with van der Waals surface area (Å²) in [5.74, 6) is 0. The molecule has 0 aromatic heterocycles. The Bertz CT molecular complexity index is 227. The monoisotopic (exact) mass is 204 g/mol. The third kappa shape index (κ3) is 1.28. The molecule has 2 aliphatic rings. The van der Waals surface area contributed by atoms with Crippen LogP contribution in [0.5, 0.6) is 0 Å². The van der Waals surface area contributed by atoms with Gasteiger partial charge in [-0.25, -0.2) is 0 Å². The molecular weight excluding hydrogens is 188 g/mol. The van der Waals surface area contributed by atoms with Gasteiger partial charge in [-0.15, -0.1) is 0 Å². The lowest BCUT2D eigenvalue weighted by Gasteiger charge is -2.57. The van der Waals surface area contributed by atoms with Crippen molar-refractivity contribution in [1.82, 2.24) is 0 Å². The van der Waals surface area contributed by atoms with Crippen molar-refractivity contribution < 1.29 is 24.8 Å². The molecule has 2 saturated heterocycles. The van der Waals surface area contributed by atoms with Crippen molar-refractivity contribution in [3.8, 4) is 0 Å². The van der Waals surface area contributed by atoms with E-state index in [-0.39, 0.29) is 12.7 Å². The molecule has 3 N–H and O–H groups in total. The van der Waals surface area contributed by atoms with Crippen molar-refractivity contribution in [3.63, 3.8) is 0 Å². The third-order valence-corrected chi connectivity index (χ3v) is 2.99. The number of ether oxygens (including phenoxy) is 2. The zero-order valence-corrected chi connectivity index (χ0v) is 8.25. The van der Waals surface area contributed by atoms with E-state index in [1.807, 2.05) is 13.8 Å². The fourth-order valence-electron chi connectivity index (χ4n) is 2.13. The average molecular weight is 204 g/mol. The largest absolute Gasteiger partial charge is 0.394 e. The van der Waals surface area contributed by atoms with Gasteiger partial charge in [-0.2, -0.15) is 0 Å². The van der Waals surface area contributed by atoms with Crippen molar-refractivity contribution in [3.05, 3.63) is 0 Å². The first kappa shape index (κ1) is 10.3. The van der Waals surface area contributed by atoms with Crippen LogP contribution in [0.4, 0.5) is 0 Å². The van der Waals surface area contributed by atoms with Crippen molar-refractivity contribution >= 4 is 0 Å². The lowest BCUT2D eigenvalue weighted by atomic mass is 9.81. The summed E-state index contributed by atoms with van der Waals surface area (Å²) in [6.45, 7) is 3.41. The zero-order chi connectivity index (χ0) is 10.5. The van der Waals surface area contributed by atoms with Crippen LogP contribution in [0.3, 0.4) is 0 Å². The molecule has 0 spiro atoms. The predicted octanol–water partition coefficient (Wildman–Crippen LogP) is -1.35. The fourth-order valence-corrected chi connectivity index (χ4v) is 2.13. The predicted molar refractivity (Wildman–Crippen MR) is 46.7 cm³/mol. The van der Waals surface area contributed by atoms with Crippen LogP contribution >= 0.6 is 0 Å². The number of rotatable bonds is 1. The van der Waals surface area contributed by atoms with Gasteiger partial charge in [-0.1, -0.05) is 0 Å². The highest BCUT2D eigenvalue weighted by molar-refractivity contribution is 5.06. The topological polar surface area (TPSA) is 79.2 Å². The second-order valence-corrected chi connectivity index (χ2v) is 4.44. The second-order valence-electron chi connectivity index (χ2n) is 4.44. The van der Waals surface area contributed by atoms with Gasteiger partial charge in [0.1, 0.15) is 30.5 Å². The molecule has 2 aliphatic heterocycles. The molecule has 82 valence electrons. The van der Waals surface area contributed by atoms with Crippen LogP contribution in [0.25, 0.3) is 0 Å². The minimum Gasteiger partial charge on any atom is -0.394 e. The Kier molecular flexibility index (Phi) is 2.32. The third-order valence-electron chi connectivity index (χ3n) is 2.99. The molecule has 2 rings (SSSR count). The maximum Gasteiger partial charge on any atom is 0.116 e. The SMILES string of the molecule is CC1(C)OC2C(O)C(O)C(CO)OC21. The van der Waals surface area contributed by atoms with E-state index in [0.717, 1.165) is 0 Å². The summed E-state index contributed by atoms with van der Waals surface area (Å²) in [5, 5.41) is 28.1. The Hall–Kier alpha value is -0.200. The van der Waals surface area contributed by atoms with E-state index in [1.165, 1.54) is 0 Å². The first-order chi connectivity index (χ1) is 6.47. The van der Waals surface area contributed by atoms with Crippen molar-refractivity contribution in [2.24, 2.45) is 0 Å². The van der Waals surface area contributed by atoms with Gasteiger partial charge in [0.2, 0.25) is 0 Å². The molecule has 0 amide bonds. The summed E-state index contributed by atoms with van der Waals surface area (Å²) in [6, 6.07) is 0. The van der Waals surface area contributed by atoms with Gasteiger partial charge in [0.05, 0.1) is 12.2 Å². The van der Waals surface area contributed by atoms with E-state index in [0.29, 0.717) is 0 Å². The molecule has 0 bridgehead atoms. The highest BCUT2D eigenvalue weighted by Gasteiger charge is 2.59. The van der Waals surface area contributed by atoms with Crippen LogP contribution in [-0.4, -0.2) is 58.0 Å². The Morgan fingerprint density at radius 1 is 1.21 bits per heavy atom. The summed E-state index contributed by atoms with van der Waals surface area (Å²) in [5.41, 5.74) is -0.445. The van der Waals surface area contributed by atoms with Crippen LogP contribution in [-0.2, 0) is 9.47 Å². The summed E-state index contributed by atoms with van der Waals surface area (Å²) >= 11 is 0. The van der Waals surface area contributed by atoms with E-state index in [2.05, 4.69) is 0 Å².